The second-order valence-electron chi connectivity index (χ2n) is 3.90. The molecule has 0 saturated heterocycles. The van der Waals surface area contributed by atoms with E-state index in [0.717, 1.165) is 16.8 Å². The molecule has 0 spiro atoms. The van der Waals surface area contributed by atoms with Crippen molar-refractivity contribution in [1.82, 2.24) is 5.32 Å². The molecule has 0 aromatic heterocycles. The summed E-state index contributed by atoms with van der Waals surface area (Å²) < 4.78 is 0. The van der Waals surface area contributed by atoms with Gasteiger partial charge in [0.2, 0.25) is 0 Å². The van der Waals surface area contributed by atoms with E-state index in [1.54, 1.807) is 6.08 Å². The minimum absolute atomic E-state index is 0.199. The Hall–Kier alpha value is -1.77. The number of hydrogen-bond acceptors (Lipinski definition) is 1. The zero-order chi connectivity index (χ0) is 12.1. The van der Waals surface area contributed by atoms with Crippen LogP contribution in [0, 0.1) is 20.8 Å². The summed E-state index contributed by atoms with van der Waals surface area (Å²) in [6.45, 7) is 10.0. The van der Waals surface area contributed by atoms with Crippen molar-refractivity contribution in [2.75, 3.05) is 11.9 Å². The Bertz CT molecular complexity index is 387. The van der Waals surface area contributed by atoms with Gasteiger partial charge in [0, 0.05) is 12.2 Å². The van der Waals surface area contributed by atoms with Crippen LogP contribution in [0.15, 0.2) is 24.8 Å². The topological polar surface area (TPSA) is 41.1 Å². The fourth-order valence-electron chi connectivity index (χ4n) is 1.70. The van der Waals surface area contributed by atoms with Gasteiger partial charge in [-0.05, 0) is 31.9 Å². The van der Waals surface area contributed by atoms with Crippen molar-refractivity contribution in [3.8, 4) is 0 Å². The lowest BCUT2D eigenvalue weighted by molar-refractivity contribution is 0.253. The number of rotatable bonds is 3. The smallest absolute Gasteiger partial charge is 0.319 e. The van der Waals surface area contributed by atoms with Gasteiger partial charge in [0.25, 0.3) is 0 Å². The van der Waals surface area contributed by atoms with Crippen LogP contribution in [0.1, 0.15) is 16.7 Å². The quantitative estimate of drug-likeness (QED) is 0.752. The molecule has 1 aromatic rings. The molecule has 0 unspecified atom stereocenters. The SMILES string of the molecule is C=CCNC(=O)Nc1c(C)cc(C)cc1C. The molecule has 86 valence electrons. The summed E-state index contributed by atoms with van der Waals surface area (Å²) in [6, 6.07) is 3.90. The molecule has 0 heterocycles. The third kappa shape index (κ3) is 3.12. The van der Waals surface area contributed by atoms with Crippen LogP contribution >= 0.6 is 0 Å². The molecule has 0 bridgehead atoms. The Morgan fingerprint density at radius 3 is 2.38 bits per heavy atom. The summed E-state index contributed by atoms with van der Waals surface area (Å²) in [5, 5.41) is 5.52. The first-order chi connectivity index (χ1) is 7.54. The first kappa shape index (κ1) is 12.3. The molecule has 1 rings (SSSR count). The molecule has 0 aliphatic carbocycles. The lowest BCUT2D eigenvalue weighted by Gasteiger charge is -2.12. The Morgan fingerprint density at radius 1 is 1.31 bits per heavy atom. The van der Waals surface area contributed by atoms with E-state index in [2.05, 4.69) is 29.3 Å². The van der Waals surface area contributed by atoms with E-state index in [4.69, 9.17) is 0 Å². The Morgan fingerprint density at radius 2 is 1.88 bits per heavy atom. The highest BCUT2D eigenvalue weighted by Crippen LogP contribution is 2.21. The van der Waals surface area contributed by atoms with Gasteiger partial charge in [-0.15, -0.1) is 6.58 Å². The molecule has 0 fully saturated rings. The molecule has 3 nitrogen and oxygen atoms in total. The standard InChI is InChI=1S/C13H18N2O/c1-5-6-14-13(16)15-12-10(3)7-9(2)8-11(12)4/h5,7-8H,1,6H2,2-4H3,(H2,14,15,16). The summed E-state index contributed by atoms with van der Waals surface area (Å²) in [6.07, 6.45) is 1.65. The minimum atomic E-state index is -0.199. The van der Waals surface area contributed by atoms with Gasteiger partial charge in [0.15, 0.2) is 0 Å². The molecule has 3 heteroatoms. The zero-order valence-electron chi connectivity index (χ0n) is 10.1. The highest BCUT2D eigenvalue weighted by atomic mass is 16.2. The number of anilines is 1. The molecule has 0 aliphatic rings. The first-order valence-electron chi connectivity index (χ1n) is 5.28. The fraction of sp³-hybridized carbons (Fsp3) is 0.308. The summed E-state index contributed by atoms with van der Waals surface area (Å²) in [4.78, 5) is 11.5. The van der Waals surface area contributed by atoms with E-state index in [0.29, 0.717) is 6.54 Å². The van der Waals surface area contributed by atoms with Gasteiger partial charge in [-0.2, -0.15) is 0 Å². The number of aryl methyl sites for hydroxylation is 3. The second kappa shape index (κ2) is 5.35. The number of nitrogens with one attached hydrogen (secondary N) is 2. The van der Waals surface area contributed by atoms with Gasteiger partial charge >= 0.3 is 6.03 Å². The van der Waals surface area contributed by atoms with Crippen molar-refractivity contribution < 1.29 is 4.79 Å². The predicted molar refractivity (Wildman–Crippen MR) is 67.9 cm³/mol. The molecule has 0 aliphatic heterocycles. The van der Waals surface area contributed by atoms with E-state index >= 15 is 0 Å². The van der Waals surface area contributed by atoms with Gasteiger partial charge in [-0.3, -0.25) is 0 Å². The molecule has 0 saturated carbocycles. The molecular formula is C13H18N2O. The van der Waals surface area contributed by atoms with E-state index in [1.807, 2.05) is 20.8 Å². The first-order valence-corrected chi connectivity index (χ1v) is 5.28. The highest BCUT2D eigenvalue weighted by Gasteiger charge is 2.06. The summed E-state index contributed by atoms with van der Waals surface area (Å²) >= 11 is 0. The lowest BCUT2D eigenvalue weighted by Crippen LogP contribution is -2.29. The summed E-state index contributed by atoms with van der Waals surface area (Å²) in [5.74, 6) is 0. The zero-order valence-corrected chi connectivity index (χ0v) is 10.1. The van der Waals surface area contributed by atoms with Crippen molar-refractivity contribution in [1.29, 1.82) is 0 Å². The van der Waals surface area contributed by atoms with E-state index in [1.165, 1.54) is 5.56 Å². The number of benzene rings is 1. The van der Waals surface area contributed by atoms with Crippen LogP contribution < -0.4 is 10.6 Å². The summed E-state index contributed by atoms with van der Waals surface area (Å²) in [5.41, 5.74) is 4.23. The largest absolute Gasteiger partial charge is 0.334 e. The number of hydrogen-bond donors (Lipinski definition) is 2. The van der Waals surface area contributed by atoms with Crippen LogP contribution in [0.5, 0.6) is 0 Å². The van der Waals surface area contributed by atoms with Crippen molar-refractivity contribution in [3.63, 3.8) is 0 Å². The molecule has 0 atom stereocenters. The van der Waals surface area contributed by atoms with E-state index < -0.39 is 0 Å². The maximum absolute atomic E-state index is 11.5. The van der Waals surface area contributed by atoms with Crippen LogP contribution in [-0.2, 0) is 0 Å². The number of carbonyl (C=O) groups is 1. The van der Waals surface area contributed by atoms with Gasteiger partial charge in [0.1, 0.15) is 0 Å². The maximum Gasteiger partial charge on any atom is 0.319 e. The third-order valence-corrected chi connectivity index (χ3v) is 2.32. The molecule has 2 amide bonds. The van der Waals surface area contributed by atoms with Gasteiger partial charge in [0.05, 0.1) is 0 Å². The average Bonchev–Trinajstić information content (AvgIpc) is 2.20. The Labute approximate surface area is 96.6 Å². The van der Waals surface area contributed by atoms with Crippen molar-refractivity contribution in [2.45, 2.75) is 20.8 Å². The van der Waals surface area contributed by atoms with E-state index in [9.17, 15) is 4.79 Å². The Kier molecular flexibility index (Phi) is 4.11. The second-order valence-corrected chi connectivity index (χ2v) is 3.90. The number of amides is 2. The van der Waals surface area contributed by atoms with Gasteiger partial charge in [-0.25, -0.2) is 4.79 Å². The monoisotopic (exact) mass is 218 g/mol. The predicted octanol–water partition coefficient (Wildman–Crippen LogP) is 2.92. The van der Waals surface area contributed by atoms with Gasteiger partial charge in [-0.1, -0.05) is 23.8 Å². The molecule has 16 heavy (non-hydrogen) atoms. The highest BCUT2D eigenvalue weighted by molar-refractivity contribution is 5.91. The fourth-order valence-corrected chi connectivity index (χ4v) is 1.70. The van der Waals surface area contributed by atoms with Crippen LogP contribution in [0.2, 0.25) is 0 Å². The molecule has 2 N–H and O–H groups in total. The summed E-state index contributed by atoms with van der Waals surface area (Å²) in [7, 11) is 0. The van der Waals surface area contributed by atoms with Crippen LogP contribution in [0.25, 0.3) is 0 Å². The van der Waals surface area contributed by atoms with Crippen molar-refractivity contribution in [2.24, 2.45) is 0 Å². The average molecular weight is 218 g/mol. The van der Waals surface area contributed by atoms with Gasteiger partial charge < -0.3 is 10.6 Å². The van der Waals surface area contributed by atoms with Crippen LogP contribution in [0.4, 0.5) is 10.5 Å². The Balaban J connectivity index is 2.81. The lowest BCUT2D eigenvalue weighted by atomic mass is 10.1. The van der Waals surface area contributed by atoms with Crippen molar-refractivity contribution in [3.05, 3.63) is 41.5 Å². The third-order valence-electron chi connectivity index (χ3n) is 2.32. The number of urea groups is 1. The van der Waals surface area contributed by atoms with E-state index in [-0.39, 0.29) is 6.03 Å². The normalized spacial score (nSPS) is 9.69. The van der Waals surface area contributed by atoms with Crippen LogP contribution in [-0.4, -0.2) is 12.6 Å². The maximum atomic E-state index is 11.5. The number of carbonyl (C=O) groups excluding carboxylic acids is 1. The van der Waals surface area contributed by atoms with Crippen LogP contribution in [0.3, 0.4) is 0 Å². The molecular weight excluding hydrogens is 200 g/mol. The minimum Gasteiger partial charge on any atom is -0.334 e. The van der Waals surface area contributed by atoms with Crippen molar-refractivity contribution >= 4 is 11.7 Å². The molecule has 0 radical (unpaired) electrons. The molecule has 1 aromatic carbocycles.